The van der Waals surface area contributed by atoms with Crippen LogP contribution in [0.5, 0.6) is 5.75 Å². The number of anilines is 1. The lowest BCUT2D eigenvalue weighted by Crippen LogP contribution is -2.29. The van der Waals surface area contributed by atoms with Gasteiger partial charge in [0, 0.05) is 41.2 Å². The normalized spacial score (nSPS) is 17.8. The van der Waals surface area contributed by atoms with Crippen LogP contribution in [0.4, 0.5) is 10.5 Å². The Morgan fingerprint density at radius 2 is 1.82 bits per heavy atom. The number of sulfonamides is 1. The number of amides is 1. The summed E-state index contributed by atoms with van der Waals surface area (Å²) >= 11 is 0. The van der Waals surface area contributed by atoms with Crippen LogP contribution in [0.1, 0.15) is 73.5 Å². The Morgan fingerprint density at radius 3 is 2.55 bits per heavy atom. The van der Waals surface area contributed by atoms with Gasteiger partial charge in [0.05, 0.1) is 42.2 Å². The Balaban J connectivity index is 1.42. The molecule has 1 saturated carbocycles. The molecule has 2 aromatic carbocycles. The second-order valence-corrected chi connectivity index (χ2v) is 13.6. The molecule has 2 aromatic heterocycles. The Morgan fingerprint density at radius 1 is 1.02 bits per heavy atom. The molecular weight excluding hydrogens is 578 g/mol. The number of ether oxygens (including phenoxy) is 2. The molecule has 44 heavy (non-hydrogen) atoms. The zero-order chi connectivity index (χ0) is 30.8. The van der Waals surface area contributed by atoms with E-state index < -0.39 is 22.2 Å². The zero-order valence-electron chi connectivity index (χ0n) is 25.0. The topological polar surface area (TPSA) is 132 Å². The van der Waals surface area contributed by atoms with Crippen molar-refractivity contribution in [2.24, 2.45) is 5.92 Å². The maximum atomic E-state index is 13.8. The first-order valence-corrected chi connectivity index (χ1v) is 16.4. The van der Waals surface area contributed by atoms with Gasteiger partial charge >= 0.3 is 6.09 Å². The number of hydrogen-bond donors (Lipinski definition) is 3. The van der Waals surface area contributed by atoms with Crippen LogP contribution in [0, 0.1) is 5.92 Å². The summed E-state index contributed by atoms with van der Waals surface area (Å²) in [5.74, 6) is 1.08. The standard InChI is InChI=1S/C33H37N5O5S/c1-20(2)15-36-44(40,41)31-13-26-29(38-33(39)43-19-21-7-5-4-6-8-21)14-30(37-23-11-24(42-3)17-34-16-23)32(26)27-18-35-28(12-25(27)31)22-9-10-22/h4-8,11-13,16-18,20,22,29-30,36-37H,9-10,14-15,19H2,1-3H3,(H,38,39)/t29-,30-/m1/s1. The molecule has 3 N–H and O–H groups in total. The second kappa shape index (κ2) is 12.4. The number of alkyl carbamates (subject to hydrolysis) is 1. The summed E-state index contributed by atoms with van der Waals surface area (Å²) in [6.45, 7) is 4.35. The van der Waals surface area contributed by atoms with E-state index in [1.165, 1.54) is 0 Å². The number of carbonyl (C=O) groups excluding carboxylic acids is 1. The predicted octanol–water partition coefficient (Wildman–Crippen LogP) is 5.97. The highest BCUT2D eigenvalue weighted by Gasteiger charge is 2.37. The van der Waals surface area contributed by atoms with E-state index in [9.17, 15) is 13.2 Å². The van der Waals surface area contributed by atoms with Gasteiger partial charge in [-0.15, -0.1) is 0 Å². The van der Waals surface area contributed by atoms with E-state index in [2.05, 4.69) is 20.3 Å². The first-order chi connectivity index (χ1) is 21.2. The minimum atomic E-state index is -3.88. The van der Waals surface area contributed by atoms with Gasteiger partial charge < -0.3 is 20.1 Å². The Labute approximate surface area is 257 Å². The number of nitrogens with zero attached hydrogens (tertiary/aromatic N) is 2. The van der Waals surface area contributed by atoms with Crippen molar-refractivity contribution in [2.75, 3.05) is 19.0 Å². The number of pyridine rings is 2. The van der Waals surface area contributed by atoms with E-state index in [1.54, 1.807) is 31.8 Å². The smallest absolute Gasteiger partial charge is 0.407 e. The minimum absolute atomic E-state index is 0.119. The van der Waals surface area contributed by atoms with Crippen molar-refractivity contribution in [1.29, 1.82) is 0 Å². The van der Waals surface area contributed by atoms with Crippen LogP contribution in [0.2, 0.25) is 0 Å². The average molecular weight is 616 g/mol. The zero-order valence-corrected chi connectivity index (χ0v) is 25.9. The molecule has 10 nitrogen and oxygen atoms in total. The second-order valence-electron chi connectivity index (χ2n) is 11.9. The van der Waals surface area contributed by atoms with E-state index >= 15 is 0 Å². The molecule has 1 fully saturated rings. The van der Waals surface area contributed by atoms with Gasteiger partial charge in [0.2, 0.25) is 10.0 Å². The number of rotatable bonds is 11. The highest BCUT2D eigenvalue weighted by atomic mass is 32.2. The van der Waals surface area contributed by atoms with Crippen molar-refractivity contribution < 1.29 is 22.7 Å². The van der Waals surface area contributed by atoms with Crippen LogP contribution in [-0.2, 0) is 21.4 Å². The van der Waals surface area contributed by atoms with Crippen LogP contribution in [0.15, 0.2) is 72.0 Å². The quantitative estimate of drug-likeness (QED) is 0.188. The Bertz CT molecular complexity index is 1780. The number of carbonyl (C=O) groups is 1. The Hall–Kier alpha value is -4.22. The number of benzene rings is 2. The van der Waals surface area contributed by atoms with Crippen LogP contribution in [-0.4, -0.2) is 38.1 Å². The van der Waals surface area contributed by atoms with Crippen molar-refractivity contribution >= 4 is 32.6 Å². The molecule has 0 spiro atoms. The molecule has 2 aliphatic carbocycles. The van der Waals surface area contributed by atoms with Gasteiger partial charge in [-0.1, -0.05) is 44.2 Å². The minimum Gasteiger partial charge on any atom is -0.495 e. The molecule has 0 aliphatic heterocycles. The van der Waals surface area contributed by atoms with E-state index in [4.69, 9.17) is 14.5 Å². The molecule has 1 amide bonds. The number of hydrogen-bond acceptors (Lipinski definition) is 8. The third-order valence-corrected chi connectivity index (χ3v) is 9.50. The highest BCUT2D eigenvalue weighted by Crippen LogP contribution is 2.48. The summed E-state index contributed by atoms with van der Waals surface area (Å²) in [5.41, 5.74) is 4.09. The van der Waals surface area contributed by atoms with Gasteiger partial charge in [0.15, 0.2) is 0 Å². The molecule has 11 heteroatoms. The number of fused-ring (bicyclic) bond motifs is 3. The van der Waals surface area contributed by atoms with Crippen molar-refractivity contribution in [3.63, 3.8) is 0 Å². The third kappa shape index (κ3) is 6.48. The molecule has 230 valence electrons. The van der Waals surface area contributed by atoms with Gasteiger partial charge in [0.1, 0.15) is 12.4 Å². The van der Waals surface area contributed by atoms with Gasteiger partial charge in [-0.3, -0.25) is 9.97 Å². The van der Waals surface area contributed by atoms with Gasteiger partial charge in [-0.2, -0.15) is 0 Å². The summed E-state index contributed by atoms with van der Waals surface area (Å²) < 4.78 is 41.3. The summed E-state index contributed by atoms with van der Waals surface area (Å²) in [6.07, 6.45) is 7.08. The van der Waals surface area contributed by atoms with E-state index in [1.807, 2.05) is 56.3 Å². The van der Waals surface area contributed by atoms with E-state index in [0.29, 0.717) is 35.6 Å². The summed E-state index contributed by atoms with van der Waals surface area (Å²) in [5, 5.41) is 7.90. The fraction of sp³-hybridized carbons (Fsp3) is 0.364. The molecule has 0 saturated heterocycles. The molecule has 0 radical (unpaired) electrons. The number of nitrogens with one attached hydrogen (secondary N) is 3. The molecule has 4 aromatic rings. The maximum absolute atomic E-state index is 13.8. The van der Waals surface area contributed by atoms with Crippen LogP contribution >= 0.6 is 0 Å². The lowest BCUT2D eigenvalue weighted by atomic mass is 9.98. The monoisotopic (exact) mass is 615 g/mol. The lowest BCUT2D eigenvalue weighted by molar-refractivity contribution is 0.135. The van der Waals surface area contributed by atoms with Gasteiger partial charge in [0.25, 0.3) is 0 Å². The molecule has 0 unspecified atom stereocenters. The number of methoxy groups -OCH3 is 1. The highest BCUT2D eigenvalue weighted by molar-refractivity contribution is 7.89. The first-order valence-electron chi connectivity index (χ1n) is 14.9. The van der Waals surface area contributed by atoms with E-state index in [0.717, 1.165) is 40.7 Å². The molecule has 6 rings (SSSR count). The van der Waals surface area contributed by atoms with Gasteiger partial charge in [-0.05, 0) is 54.0 Å². The molecule has 2 heterocycles. The Kier molecular flexibility index (Phi) is 8.42. The van der Waals surface area contributed by atoms with Crippen molar-refractivity contribution in [1.82, 2.24) is 20.0 Å². The van der Waals surface area contributed by atoms with Crippen molar-refractivity contribution in [3.05, 3.63) is 89.5 Å². The predicted molar refractivity (Wildman–Crippen MR) is 168 cm³/mol. The van der Waals surface area contributed by atoms with Crippen LogP contribution in [0.3, 0.4) is 0 Å². The first kappa shape index (κ1) is 29.8. The average Bonchev–Trinajstić information content (AvgIpc) is 3.82. The van der Waals surface area contributed by atoms with Crippen molar-refractivity contribution in [2.45, 2.75) is 62.6 Å². The third-order valence-electron chi connectivity index (χ3n) is 8.03. The fourth-order valence-electron chi connectivity index (χ4n) is 5.66. The summed E-state index contributed by atoms with van der Waals surface area (Å²) in [7, 11) is -2.30. The molecule has 2 aliphatic rings. The molecule has 0 bridgehead atoms. The van der Waals surface area contributed by atoms with Crippen LogP contribution < -0.4 is 20.1 Å². The SMILES string of the molecule is COc1cncc(N[C@@H]2C[C@@H](NC(=O)OCc3ccccc3)c3cc(S(=O)(=O)NCC(C)C)c4cc(C5CC5)ncc4c32)c1. The summed E-state index contributed by atoms with van der Waals surface area (Å²) in [6, 6.07) is 14.1. The maximum Gasteiger partial charge on any atom is 0.407 e. The van der Waals surface area contributed by atoms with E-state index in [-0.39, 0.29) is 23.5 Å². The largest absolute Gasteiger partial charge is 0.495 e. The molecule has 2 atom stereocenters. The number of aromatic nitrogens is 2. The lowest BCUT2D eigenvalue weighted by Gasteiger charge is -2.19. The molecular formula is C33H37N5O5S. The summed E-state index contributed by atoms with van der Waals surface area (Å²) in [4.78, 5) is 22.3. The van der Waals surface area contributed by atoms with Crippen molar-refractivity contribution in [3.8, 4) is 5.75 Å². The van der Waals surface area contributed by atoms with Crippen LogP contribution in [0.25, 0.3) is 10.8 Å². The van der Waals surface area contributed by atoms with Gasteiger partial charge in [-0.25, -0.2) is 17.9 Å². The fourth-order valence-corrected chi connectivity index (χ4v) is 7.11.